The molecule has 1 aromatic heterocycles. The number of nitrogens with two attached hydrogens (primary N) is 1. The molecule has 0 spiro atoms. The molecule has 0 radical (unpaired) electrons. The van der Waals surface area contributed by atoms with E-state index < -0.39 is 0 Å². The van der Waals surface area contributed by atoms with E-state index in [2.05, 4.69) is 30.4 Å². The predicted molar refractivity (Wildman–Crippen MR) is 78.5 cm³/mol. The highest BCUT2D eigenvalue weighted by molar-refractivity contribution is 9.10. The number of nitrogens with zero attached hydrogens (tertiary/aromatic N) is 3. The van der Waals surface area contributed by atoms with Gasteiger partial charge in [0.2, 0.25) is 0 Å². The zero-order valence-corrected chi connectivity index (χ0v) is 12.6. The van der Waals surface area contributed by atoms with Crippen molar-refractivity contribution in [2.75, 3.05) is 13.1 Å². The fourth-order valence-corrected chi connectivity index (χ4v) is 3.21. The van der Waals surface area contributed by atoms with E-state index >= 15 is 0 Å². The van der Waals surface area contributed by atoms with E-state index in [9.17, 15) is 4.39 Å². The SMILES string of the molecule is NCC(c1cc(F)ccc1Br)N1CCn2ccnc2C1. The Morgan fingerprint density at radius 1 is 1.40 bits per heavy atom. The average molecular weight is 339 g/mol. The lowest BCUT2D eigenvalue weighted by molar-refractivity contribution is 0.155. The van der Waals surface area contributed by atoms with Crippen molar-refractivity contribution >= 4 is 15.9 Å². The van der Waals surface area contributed by atoms with Gasteiger partial charge in [0, 0.05) is 42.5 Å². The van der Waals surface area contributed by atoms with E-state index in [0.29, 0.717) is 6.54 Å². The third-order valence-corrected chi connectivity index (χ3v) is 4.48. The fourth-order valence-electron chi connectivity index (χ4n) is 2.70. The first kappa shape index (κ1) is 13.7. The first-order valence-electron chi connectivity index (χ1n) is 6.58. The van der Waals surface area contributed by atoms with Gasteiger partial charge in [-0.05, 0) is 23.8 Å². The first-order valence-corrected chi connectivity index (χ1v) is 7.37. The van der Waals surface area contributed by atoms with Gasteiger partial charge in [0.15, 0.2) is 0 Å². The smallest absolute Gasteiger partial charge is 0.123 e. The number of halogens is 2. The van der Waals surface area contributed by atoms with Gasteiger partial charge in [-0.3, -0.25) is 4.90 Å². The van der Waals surface area contributed by atoms with Gasteiger partial charge in [0.25, 0.3) is 0 Å². The normalized spacial score (nSPS) is 16.9. The number of hydrogen-bond donors (Lipinski definition) is 1. The summed E-state index contributed by atoms with van der Waals surface area (Å²) in [7, 11) is 0. The Balaban J connectivity index is 1.89. The molecule has 2 aromatic rings. The van der Waals surface area contributed by atoms with Gasteiger partial charge in [-0.25, -0.2) is 9.37 Å². The van der Waals surface area contributed by atoms with Crippen LogP contribution in [0.5, 0.6) is 0 Å². The van der Waals surface area contributed by atoms with E-state index in [1.54, 1.807) is 12.1 Å². The Kier molecular flexibility index (Phi) is 3.87. The van der Waals surface area contributed by atoms with Gasteiger partial charge in [-0.1, -0.05) is 15.9 Å². The topological polar surface area (TPSA) is 47.1 Å². The largest absolute Gasteiger partial charge is 0.333 e. The highest BCUT2D eigenvalue weighted by Crippen LogP contribution is 2.30. The van der Waals surface area contributed by atoms with Crippen LogP contribution in [-0.4, -0.2) is 27.5 Å². The van der Waals surface area contributed by atoms with Gasteiger partial charge in [0.1, 0.15) is 11.6 Å². The Bertz CT molecular complexity index is 613. The molecule has 6 heteroatoms. The molecule has 0 aliphatic carbocycles. The molecule has 1 atom stereocenters. The maximum absolute atomic E-state index is 13.5. The minimum Gasteiger partial charge on any atom is -0.333 e. The maximum atomic E-state index is 13.5. The number of hydrogen-bond acceptors (Lipinski definition) is 3. The molecule has 0 fully saturated rings. The Morgan fingerprint density at radius 3 is 3.05 bits per heavy atom. The van der Waals surface area contributed by atoms with Crippen LogP contribution in [0, 0.1) is 5.82 Å². The molecule has 1 unspecified atom stereocenters. The molecule has 3 rings (SSSR count). The molecule has 1 aliphatic rings. The molecule has 0 amide bonds. The number of aromatic nitrogens is 2. The Hall–Kier alpha value is -1.24. The van der Waals surface area contributed by atoms with E-state index in [-0.39, 0.29) is 11.9 Å². The van der Waals surface area contributed by atoms with Crippen LogP contribution in [0.4, 0.5) is 4.39 Å². The number of imidazole rings is 1. The van der Waals surface area contributed by atoms with E-state index in [1.165, 1.54) is 6.07 Å². The summed E-state index contributed by atoms with van der Waals surface area (Å²) in [6.45, 7) is 2.95. The minimum absolute atomic E-state index is 0.00877. The standard InChI is InChI=1S/C14H16BrFN4/c15-12-2-1-10(16)7-11(12)13(8-17)20-6-5-19-4-3-18-14(19)9-20/h1-4,7,13H,5-6,8-9,17H2. The van der Waals surface area contributed by atoms with Crippen molar-refractivity contribution < 1.29 is 4.39 Å². The van der Waals surface area contributed by atoms with Gasteiger partial charge in [-0.2, -0.15) is 0 Å². The maximum Gasteiger partial charge on any atom is 0.123 e. The minimum atomic E-state index is -0.236. The zero-order chi connectivity index (χ0) is 14.1. The van der Waals surface area contributed by atoms with Crippen molar-refractivity contribution in [3.05, 3.63) is 52.3 Å². The first-order chi connectivity index (χ1) is 9.69. The Labute approximate surface area is 125 Å². The lowest BCUT2D eigenvalue weighted by Crippen LogP contribution is -2.39. The van der Waals surface area contributed by atoms with Crippen molar-refractivity contribution in [3.63, 3.8) is 0 Å². The number of fused-ring (bicyclic) bond motifs is 1. The molecular weight excluding hydrogens is 323 g/mol. The highest BCUT2D eigenvalue weighted by Gasteiger charge is 2.26. The molecule has 2 heterocycles. The van der Waals surface area contributed by atoms with Crippen molar-refractivity contribution in [1.82, 2.24) is 14.5 Å². The van der Waals surface area contributed by atoms with Crippen LogP contribution in [0.2, 0.25) is 0 Å². The Morgan fingerprint density at radius 2 is 2.25 bits per heavy atom. The van der Waals surface area contributed by atoms with Crippen LogP contribution in [0.15, 0.2) is 35.1 Å². The third-order valence-electron chi connectivity index (χ3n) is 3.76. The summed E-state index contributed by atoms with van der Waals surface area (Å²) in [5.74, 6) is 0.794. The molecular formula is C14H16BrFN4. The third kappa shape index (κ3) is 2.51. The molecule has 0 bridgehead atoms. The molecule has 20 heavy (non-hydrogen) atoms. The fraction of sp³-hybridized carbons (Fsp3) is 0.357. The number of rotatable bonds is 3. The van der Waals surface area contributed by atoms with Crippen LogP contribution in [0.1, 0.15) is 17.4 Å². The summed E-state index contributed by atoms with van der Waals surface area (Å²) in [4.78, 5) is 6.60. The van der Waals surface area contributed by atoms with Gasteiger partial charge < -0.3 is 10.3 Å². The van der Waals surface area contributed by atoms with Crippen LogP contribution in [0.3, 0.4) is 0 Å². The van der Waals surface area contributed by atoms with Crippen molar-refractivity contribution in [2.45, 2.75) is 19.1 Å². The highest BCUT2D eigenvalue weighted by atomic mass is 79.9. The van der Waals surface area contributed by atoms with E-state index in [1.807, 2.05) is 12.4 Å². The lowest BCUT2D eigenvalue weighted by atomic mass is 10.0. The molecule has 106 valence electrons. The zero-order valence-electron chi connectivity index (χ0n) is 11.0. The number of benzene rings is 1. The molecule has 1 aromatic carbocycles. The second kappa shape index (κ2) is 5.63. The molecule has 4 nitrogen and oxygen atoms in total. The van der Waals surface area contributed by atoms with E-state index in [0.717, 1.165) is 35.5 Å². The van der Waals surface area contributed by atoms with Gasteiger partial charge in [-0.15, -0.1) is 0 Å². The van der Waals surface area contributed by atoms with E-state index in [4.69, 9.17) is 5.73 Å². The van der Waals surface area contributed by atoms with Crippen molar-refractivity contribution in [3.8, 4) is 0 Å². The van der Waals surface area contributed by atoms with Crippen LogP contribution in [0.25, 0.3) is 0 Å². The monoisotopic (exact) mass is 338 g/mol. The van der Waals surface area contributed by atoms with Crippen molar-refractivity contribution in [1.29, 1.82) is 0 Å². The summed E-state index contributed by atoms with van der Waals surface area (Å²) in [6.07, 6.45) is 3.80. The van der Waals surface area contributed by atoms with Crippen LogP contribution >= 0.6 is 15.9 Å². The van der Waals surface area contributed by atoms with Gasteiger partial charge >= 0.3 is 0 Å². The van der Waals surface area contributed by atoms with Crippen LogP contribution < -0.4 is 5.73 Å². The second-order valence-corrected chi connectivity index (χ2v) is 5.78. The predicted octanol–water partition coefficient (Wildman–Crippen LogP) is 2.30. The molecule has 0 saturated carbocycles. The lowest BCUT2D eigenvalue weighted by Gasteiger charge is -2.34. The van der Waals surface area contributed by atoms with Crippen LogP contribution in [-0.2, 0) is 13.1 Å². The summed E-state index contributed by atoms with van der Waals surface area (Å²) in [5.41, 5.74) is 6.83. The average Bonchev–Trinajstić information content (AvgIpc) is 2.91. The van der Waals surface area contributed by atoms with Crippen molar-refractivity contribution in [2.24, 2.45) is 5.73 Å². The summed E-state index contributed by atoms with van der Waals surface area (Å²) < 4.78 is 16.5. The second-order valence-electron chi connectivity index (χ2n) is 4.92. The summed E-state index contributed by atoms with van der Waals surface area (Å²) in [6, 6.07) is 4.73. The summed E-state index contributed by atoms with van der Waals surface area (Å²) >= 11 is 3.49. The molecule has 2 N–H and O–H groups in total. The quantitative estimate of drug-likeness (QED) is 0.934. The molecule has 1 aliphatic heterocycles. The molecule has 0 saturated heterocycles. The summed E-state index contributed by atoms with van der Waals surface area (Å²) in [5, 5.41) is 0. The van der Waals surface area contributed by atoms with Gasteiger partial charge in [0.05, 0.1) is 6.54 Å².